The van der Waals surface area contributed by atoms with Crippen molar-refractivity contribution in [1.29, 1.82) is 0 Å². The molecule has 5 heteroatoms. The molecule has 126 valence electrons. The van der Waals surface area contributed by atoms with Crippen molar-refractivity contribution in [3.8, 4) is 0 Å². The van der Waals surface area contributed by atoms with Crippen molar-refractivity contribution in [2.75, 3.05) is 26.2 Å². The molecule has 1 heterocycles. The molecule has 1 aliphatic heterocycles. The van der Waals surface area contributed by atoms with Gasteiger partial charge in [-0.15, -0.1) is 0 Å². The molecule has 0 bridgehead atoms. The minimum atomic E-state index is 0.127. The van der Waals surface area contributed by atoms with Gasteiger partial charge in [0.15, 0.2) is 0 Å². The second kappa shape index (κ2) is 7.56. The molecule has 1 saturated heterocycles. The van der Waals surface area contributed by atoms with Crippen LogP contribution in [0.15, 0.2) is 42.5 Å². The third kappa shape index (κ3) is 3.92. The van der Waals surface area contributed by atoms with E-state index in [1.54, 1.807) is 0 Å². The Bertz CT molecular complexity index is 740. The van der Waals surface area contributed by atoms with E-state index >= 15 is 0 Å². The van der Waals surface area contributed by atoms with Crippen LogP contribution in [0.4, 0.5) is 0 Å². The van der Waals surface area contributed by atoms with Gasteiger partial charge in [-0.25, -0.2) is 0 Å². The normalized spacial score (nSPS) is 15.5. The summed E-state index contributed by atoms with van der Waals surface area (Å²) >= 11 is 12.0. The summed E-state index contributed by atoms with van der Waals surface area (Å²) in [7, 11) is 0. The quantitative estimate of drug-likeness (QED) is 0.814. The van der Waals surface area contributed by atoms with Crippen molar-refractivity contribution in [2.45, 2.75) is 13.5 Å². The lowest BCUT2D eigenvalue weighted by Gasteiger charge is -2.35. The molecule has 0 aliphatic carbocycles. The molecular formula is C19H20Cl2N2O. The van der Waals surface area contributed by atoms with Gasteiger partial charge in [-0.2, -0.15) is 0 Å². The highest BCUT2D eigenvalue weighted by molar-refractivity contribution is 6.42. The maximum Gasteiger partial charge on any atom is 0.254 e. The number of aryl methyl sites for hydroxylation is 1. The van der Waals surface area contributed by atoms with E-state index in [-0.39, 0.29) is 5.91 Å². The van der Waals surface area contributed by atoms with Gasteiger partial charge in [-0.3, -0.25) is 9.69 Å². The third-order valence-electron chi connectivity index (χ3n) is 4.43. The van der Waals surface area contributed by atoms with Gasteiger partial charge in [0.05, 0.1) is 10.0 Å². The summed E-state index contributed by atoms with van der Waals surface area (Å²) in [6.07, 6.45) is 0. The molecule has 0 aromatic heterocycles. The predicted octanol–water partition coefficient (Wildman–Crippen LogP) is 4.26. The number of nitrogens with zero attached hydrogens (tertiary/aromatic N) is 2. The number of amides is 1. The zero-order valence-corrected chi connectivity index (χ0v) is 15.1. The molecule has 24 heavy (non-hydrogen) atoms. The van der Waals surface area contributed by atoms with Crippen LogP contribution in [0.2, 0.25) is 10.0 Å². The monoisotopic (exact) mass is 362 g/mol. The van der Waals surface area contributed by atoms with Crippen molar-refractivity contribution < 1.29 is 4.79 Å². The minimum Gasteiger partial charge on any atom is -0.336 e. The fourth-order valence-electron chi connectivity index (χ4n) is 2.99. The first-order valence-electron chi connectivity index (χ1n) is 8.06. The number of hydrogen-bond donors (Lipinski definition) is 0. The second-order valence-corrected chi connectivity index (χ2v) is 6.95. The Balaban J connectivity index is 1.58. The molecule has 1 fully saturated rings. The van der Waals surface area contributed by atoms with Gasteiger partial charge >= 0.3 is 0 Å². The van der Waals surface area contributed by atoms with Gasteiger partial charge in [0.25, 0.3) is 5.91 Å². The van der Waals surface area contributed by atoms with E-state index in [0.29, 0.717) is 10.0 Å². The van der Waals surface area contributed by atoms with Crippen LogP contribution in [0.1, 0.15) is 21.5 Å². The Hall–Kier alpha value is -1.55. The standard InChI is InChI=1S/C19H20Cl2N2O/c1-14-4-2-3-5-16(14)19(24)23-10-8-22(9-11-23)13-15-6-7-17(20)18(21)12-15/h2-7,12H,8-11,13H2,1H3. The molecule has 0 unspecified atom stereocenters. The number of halogens is 2. The van der Waals surface area contributed by atoms with Crippen LogP contribution in [-0.4, -0.2) is 41.9 Å². The SMILES string of the molecule is Cc1ccccc1C(=O)N1CCN(Cc2ccc(Cl)c(Cl)c2)CC1. The van der Waals surface area contributed by atoms with Crippen LogP contribution in [0, 0.1) is 6.92 Å². The lowest BCUT2D eigenvalue weighted by molar-refractivity contribution is 0.0628. The molecule has 1 aliphatic rings. The summed E-state index contributed by atoms with van der Waals surface area (Å²) in [4.78, 5) is 16.9. The highest BCUT2D eigenvalue weighted by atomic mass is 35.5. The first kappa shape index (κ1) is 17.3. The van der Waals surface area contributed by atoms with Crippen molar-refractivity contribution in [3.05, 3.63) is 69.2 Å². The summed E-state index contributed by atoms with van der Waals surface area (Å²) in [6, 6.07) is 13.5. The Morgan fingerprint density at radius 3 is 2.38 bits per heavy atom. The minimum absolute atomic E-state index is 0.127. The topological polar surface area (TPSA) is 23.6 Å². The average Bonchev–Trinajstić information content (AvgIpc) is 2.59. The molecule has 0 radical (unpaired) electrons. The summed E-state index contributed by atoms with van der Waals surface area (Å²) < 4.78 is 0. The number of rotatable bonds is 3. The fourth-order valence-corrected chi connectivity index (χ4v) is 3.31. The van der Waals surface area contributed by atoms with Crippen LogP contribution in [0.5, 0.6) is 0 Å². The van der Waals surface area contributed by atoms with E-state index in [2.05, 4.69) is 4.90 Å². The van der Waals surface area contributed by atoms with Crippen molar-refractivity contribution in [3.63, 3.8) is 0 Å². The summed E-state index contributed by atoms with van der Waals surface area (Å²) in [5.74, 6) is 0.127. The molecule has 0 spiro atoms. The molecule has 2 aromatic carbocycles. The van der Waals surface area contributed by atoms with Gasteiger partial charge in [0.2, 0.25) is 0 Å². The smallest absolute Gasteiger partial charge is 0.254 e. The first-order valence-corrected chi connectivity index (χ1v) is 8.81. The van der Waals surface area contributed by atoms with Gasteiger partial charge in [0.1, 0.15) is 0 Å². The molecule has 1 amide bonds. The van der Waals surface area contributed by atoms with Crippen molar-refractivity contribution in [2.24, 2.45) is 0 Å². The summed E-state index contributed by atoms with van der Waals surface area (Å²) in [6.45, 7) is 6.01. The molecule has 0 N–H and O–H groups in total. The average molecular weight is 363 g/mol. The Labute approximate surface area is 152 Å². The van der Waals surface area contributed by atoms with Crippen LogP contribution < -0.4 is 0 Å². The first-order chi connectivity index (χ1) is 11.5. The Morgan fingerprint density at radius 2 is 1.71 bits per heavy atom. The van der Waals surface area contributed by atoms with Crippen LogP contribution >= 0.6 is 23.2 Å². The van der Waals surface area contributed by atoms with Gasteiger partial charge < -0.3 is 4.90 Å². The number of hydrogen-bond acceptors (Lipinski definition) is 2. The van der Waals surface area contributed by atoms with E-state index in [1.165, 1.54) is 0 Å². The van der Waals surface area contributed by atoms with E-state index in [1.807, 2.05) is 54.3 Å². The molecule has 3 nitrogen and oxygen atoms in total. The number of carbonyl (C=O) groups is 1. The number of carbonyl (C=O) groups excluding carboxylic acids is 1. The van der Waals surface area contributed by atoms with E-state index in [4.69, 9.17) is 23.2 Å². The van der Waals surface area contributed by atoms with Gasteiger partial charge in [0, 0.05) is 38.3 Å². The highest BCUT2D eigenvalue weighted by Crippen LogP contribution is 2.23. The second-order valence-electron chi connectivity index (χ2n) is 6.13. The van der Waals surface area contributed by atoms with Crippen molar-refractivity contribution in [1.82, 2.24) is 9.80 Å². The van der Waals surface area contributed by atoms with Crippen LogP contribution in [0.3, 0.4) is 0 Å². The van der Waals surface area contributed by atoms with Crippen molar-refractivity contribution >= 4 is 29.1 Å². The molecule has 2 aromatic rings. The fraction of sp³-hybridized carbons (Fsp3) is 0.316. The Kier molecular flexibility index (Phi) is 5.44. The van der Waals surface area contributed by atoms with Gasteiger partial charge in [-0.05, 0) is 36.2 Å². The molecular weight excluding hydrogens is 343 g/mol. The lowest BCUT2D eigenvalue weighted by Crippen LogP contribution is -2.48. The number of benzene rings is 2. The molecule has 0 saturated carbocycles. The van der Waals surface area contributed by atoms with E-state index in [9.17, 15) is 4.79 Å². The maximum absolute atomic E-state index is 12.6. The largest absolute Gasteiger partial charge is 0.336 e. The lowest BCUT2D eigenvalue weighted by atomic mass is 10.1. The van der Waals surface area contributed by atoms with E-state index < -0.39 is 0 Å². The van der Waals surface area contributed by atoms with Gasteiger partial charge in [-0.1, -0.05) is 47.5 Å². The highest BCUT2D eigenvalue weighted by Gasteiger charge is 2.23. The summed E-state index contributed by atoms with van der Waals surface area (Å²) in [5, 5.41) is 1.16. The third-order valence-corrected chi connectivity index (χ3v) is 5.16. The van der Waals surface area contributed by atoms with Crippen LogP contribution in [-0.2, 0) is 6.54 Å². The molecule has 0 atom stereocenters. The Morgan fingerprint density at radius 1 is 1.00 bits per heavy atom. The zero-order chi connectivity index (χ0) is 17.1. The summed E-state index contributed by atoms with van der Waals surface area (Å²) in [5.41, 5.74) is 2.97. The predicted molar refractivity (Wildman–Crippen MR) is 98.8 cm³/mol. The maximum atomic E-state index is 12.6. The molecule has 3 rings (SSSR count). The van der Waals surface area contributed by atoms with E-state index in [0.717, 1.165) is 49.4 Å². The van der Waals surface area contributed by atoms with Crippen LogP contribution in [0.25, 0.3) is 0 Å². The number of piperazine rings is 1. The zero-order valence-electron chi connectivity index (χ0n) is 13.6.